The van der Waals surface area contributed by atoms with E-state index in [0.29, 0.717) is 6.04 Å². The molecule has 3 rings (SSSR count). The number of ether oxygens (including phenoxy) is 3. The number of hydrogen-bond donors (Lipinski definition) is 2. The molecule has 0 spiro atoms. The zero-order valence-corrected chi connectivity index (χ0v) is 16.8. The highest BCUT2D eigenvalue weighted by Crippen LogP contribution is 2.25. The number of carbonyl (C=O) groups excluding carboxylic acids is 1. The molecule has 0 bridgehead atoms. The van der Waals surface area contributed by atoms with Gasteiger partial charge >= 0.3 is 6.09 Å². The minimum Gasteiger partial charge on any atom is -0.457 e. The van der Waals surface area contributed by atoms with Crippen molar-refractivity contribution in [3.05, 3.63) is 83.8 Å². The minimum atomic E-state index is -0.638. The van der Waals surface area contributed by atoms with Gasteiger partial charge in [-0.3, -0.25) is 0 Å². The van der Waals surface area contributed by atoms with E-state index >= 15 is 0 Å². The molecule has 6 heteroatoms. The maximum Gasteiger partial charge on any atom is 0.408 e. The topological polar surface area (TPSA) is 68.8 Å². The molecule has 154 valence electrons. The zero-order valence-electron chi connectivity index (χ0n) is 16.8. The van der Waals surface area contributed by atoms with Crippen LogP contribution in [0, 0.1) is 0 Å². The Hall–Kier alpha value is -2.99. The van der Waals surface area contributed by atoms with Crippen LogP contribution in [0.5, 0.6) is 0 Å². The highest BCUT2D eigenvalue weighted by Gasteiger charge is 2.30. The quantitative estimate of drug-likeness (QED) is 0.670. The van der Waals surface area contributed by atoms with Crippen LogP contribution in [0.2, 0.25) is 0 Å². The predicted molar refractivity (Wildman–Crippen MR) is 111 cm³/mol. The largest absolute Gasteiger partial charge is 0.457 e. The molecule has 2 aromatic carbocycles. The molecular weight excluding hydrogens is 368 g/mol. The molecule has 1 amide bonds. The van der Waals surface area contributed by atoms with Crippen LogP contribution in [-0.4, -0.2) is 25.0 Å². The van der Waals surface area contributed by atoms with Gasteiger partial charge in [-0.1, -0.05) is 61.5 Å². The van der Waals surface area contributed by atoms with Crippen molar-refractivity contribution in [1.82, 2.24) is 10.6 Å². The van der Waals surface area contributed by atoms with E-state index in [0.717, 1.165) is 24.1 Å². The van der Waals surface area contributed by atoms with Crippen molar-refractivity contribution in [3.63, 3.8) is 0 Å². The van der Waals surface area contributed by atoms with E-state index in [2.05, 4.69) is 36.6 Å². The molecule has 2 unspecified atom stereocenters. The molecule has 1 aliphatic rings. The maximum atomic E-state index is 12.4. The summed E-state index contributed by atoms with van der Waals surface area (Å²) in [5, 5.41) is 6.30. The number of rotatable bonds is 9. The first-order valence-electron chi connectivity index (χ1n) is 9.91. The van der Waals surface area contributed by atoms with E-state index in [9.17, 15) is 4.79 Å². The molecule has 0 saturated carbocycles. The summed E-state index contributed by atoms with van der Waals surface area (Å²) < 4.78 is 16.4. The summed E-state index contributed by atoms with van der Waals surface area (Å²) in [5.74, 6) is 0. The standard InChI is InChI=1S/C23H28N2O4/c1-3-24-17(2)14-19-10-7-11-20(15-19)21(22-27-12-13-28-22)25-23(26)29-16-18-8-5-4-6-9-18/h4-13,15,17,21-22,24H,3,14,16H2,1-2H3,(H,25,26). The molecule has 6 nitrogen and oxygen atoms in total. The molecule has 1 heterocycles. The Balaban J connectivity index is 1.67. The molecular formula is C23H28N2O4. The number of amides is 1. The number of carbonyl (C=O) groups is 1. The van der Waals surface area contributed by atoms with Crippen molar-refractivity contribution in [3.8, 4) is 0 Å². The molecule has 2 atom stereocenters. The second-order valence-electron chi connectivity index (χ2n) is 7.00. The Morgan fingerprint density at radius 3 is 2.52 bits per heavy atom. The second-order valence-corrected chi connectivity index (χ2v) is 7.00. The first-order valence-corrected chi connectivity index (χ1v) is 9.91. The van der Waals surface area contributed by atoms with Crippen LogP contribution >= 0.6 is 0 Å². The molecule has 0 fully saturated rings. The highest BCUT2D eigenvalue weighted by atomic mass is 16.7. The van der Waals surface area contributed by atoms with E-state index in [1.165, 1.54) is 18.1 Å². The lowest BCUT2D eigenvalue weighted by atomic mass is 10.00. The van der Waals surface area contributed by atoms with Crippen LogP contribution in [0.3, 0.4) is 0 Å². The molecule has 0 aromatic heterocycles. The Kier molecular flexibility index (Phi) is 7.53. The van der Waals surface area contributed by atoms with Crippen LogP contribution in [0.4, 0.5) is 4.79 Å². The average molecular weight is 396 g/mol. The fraction of sp³-hybridized carbons (Fsp3) is 0.348. The monoisotopic (exact) mass is 396 g/mol. The number of hydrogen-bond acceptors (Lipinski definition) is 5. The fourth-order valence-corrected chi connectivity index (χ4v) is 3.30. The summed E-state index contributed by atoms with van der Waals surface area (Å²) >= 11 is 0. The van der Waals surface area contributed by atoms with Gasteiger partial charge in [-0.25, -0.2) is 4.79 Å². The van der Waals surface area contributed by atoms with Crippen LogP contribution in [0.25, 0.3) is 0 Å². The van der Waals surface area contributed by atoms with Gasteiger partial charge in [-0.2, -0.15) is 0 Å². The lowest BCUT2D eigenvalue weighted by Gasteiger charge is -2.24. The van der Waals surface area contributed by atoms with Gasteiger partial charge in [0.25, 0.3) is 6.29 Å². The maximum absolute atomic E-state index is 12.4. The van der Waals surface area contributed by atoms with E-state index in [1.54, 1.807) is 0 Å². The molecule has 0 aliphatic carbocycles. The Labute approximate surface area is 171 Å². The molecule has 0 radical (unpaired) electrons. The van der Waals surface area contributed by atoms with Gasteiger partial charge in [-0.15, -0.1) is 0 Å². The van der Waals surface area contributed by atoms with Crippen molar-refractivity contribution in [1.29, 1.82) is 0 Å². The van der Waals surface area contributed by atoms with Gasteiger partial charge < -0.3 is 24.8 Å². The zero-order chi connectivity index (χ0) is 20.5. The molecule has 29 heavy (non-hydrogen) atoms. The van der Waals surface area contributed by atoms with E-state index in [-0.39, 0.29) is 6.61 Å². The lowest BCUT2D eigenvalue weighted by Crippen LogP contribution is -2.37. The molecule has 2 aromatic rings. The smallest absolute Gasteiger partial charge is 0.408 e. The van der Waals surface area contributed by atoms with Gasteiger partial charge in [-0.05, 0) is 36.6 Å². The molecule has 2 N–H and O–H groups in total. The van der Waals surface area contributed by atoms with Crippen molar-refractivity contribution < 1.29 is 19.0 Å². The van der Waals surface area contributed by atoms with Crippen molar-refractivity contribution in [2.75, 3.05) is 6.54 Å². The number of likely N-dealkylation sites (N-methyl/N-ethyl adjacent to an activating group) is 1. The van der Waals surface area contributed by atoms with Gasteiger partial charge in [0.1, 0.15) is 25.2 Å². The first kappa shape index (κ1) is 20.7. The van der Waals surface area contributed by atoms with Gasteiger partial charge in [0.05, 0.1) is 0 Å². The first-order chi connectivity index (χ1) is 14.2. The van der Waals surface area contributed by atoms with Crippen LogP contribution in [0.1, 0.15) is 36.6 Å². The van der Waals surface area contributed by atoms with Crippen molar-refractivity contribution in [2.45, 2.75) is 45.2 Å². The summed E-state index contributed by atoms with van der Waals surface area (Å²) in [7, 11) is 0. The Morgan fingerprint density at radius 1 is 1.07 bits per heavy atom. The minimum absolute atomic E-state index is 0.199. The predicted octanol–water partition coefficient (Wildman–Crippen LogP) is 4.04. The van der Waals surface area contributed by atoms with E-state index in [1.807, 2.05) is 42.5 Å². The third-order valence-corrected chi connectivity index (χ3v) is 4.64. The van der Waals surface area contributed by atoms with Gasteiger partial charge in [0.15, 0.2) is 0 Å². The van der Waals surface area contributed by atoms with Crippen molar-refractivity contribution >= 4 is 6.09 Å². The fourth-order valence-electron chi connectivity index (χ4n) is 3.30. The van der Waals surface area contributed by atoms with Gasteiger partial charge in [0.2, 0.25) is 0 Å². The molecule has 1 aliphatic heterocycles. The summed E-state index contributed by atoms with van der Waals surface area (Å²) in [4.78, 5) is 12.4. The second kappa shape index (κ2) is 10.5. The molecule has 0 saturated heterocycles. The normalized spacial score (nSPS) is 15.2. The average Bonchev–Trinajstić information content (AvgIpc) is 3.26. The number of benzene rings is 2. The third kappa shape index (κ3) is 6.26. The lowest BCUT2D eigenvalue weighted by molar-refractivity contribution is -0.0507. The van der Waals surface area contributed by atoms with Crippen LogP contribution in [0.15, 0.2) is 67.1 Å². The number of alkyl carbamates (subject to hydrolysis) is 1. The van der Waals surface area contributed by atoms with E-state index in [4.69, 9.17) is 14.2 Å². The Bertz CT molecular complexity index is 802. The highest BCUT2D eigenvalue weighted by molar-refractivity contribution is 5.68. The Morgan fingerprint density at radius 2 is 1.79 bits per heavy atom. The summed E-state index contributed by atoms with van der Waals surface area (Å²) in [6, 6.07) is 17.5. The summed E-state index contributed by atoms with van der Waals surface area (Å²) in [5.41, 5.74) is 3.00. The van der Waals surface area contributed by atoms with Crippen LogP contribution < -0.4 is 10.6 Å². The summed E-state index contributed by atoms with van der Waals surface area (Å²) in [6.07, 6.45) is 2.68. The third-order valence-electron chi connectivity index (χ3n) is 4.64. The van der Waals surface area contributed by atoms with Gasteiger partial charge in [0, 0.05) is 6.04 Å². The van der Waals surface area contributed by atoms with Crippen LogP contribution in [-0.2, 0) is 27.2 Å². The SMILES string of the molecule is CCNC(C)Cc1cccc(C(NC(=O)OCc2ccccc2)C2OC=CO2)c1. The van der Waals surface area contributed by atoms with Crippen molar-refractivity contribution in [2.24, 2.45) is 0 Å². The van der Waals surface area contributed by atoms with E-state index < -0.39 is 18.4 Å². The number of nitrogens with one attached hydrogen (secondary N) is 2. The summed E-state index contributed by atoms with van der Waals surface area (Å²) in [6.45, 7) is 5.37.